The number of rotatable bonds is 7. The number of aromatic amines is 1. The summed E-state index contributed by atoms with van der Waals surface area (Å²) in [7, 11) is 0. The predicted octanol–water partition coefficient (Wildman–Crippen LogP) is 8.12. The van der Waals surface area contributed by atoms with E-state index in [4.69, 9.17) is 0 Å². The van der Waals surface area contributed by atoms with E-state index in [1.165, 1.54) is 24.3 Å². The maximum absolute atomic E-state index is 13.5. The van der Waals surface area contributed by atoms with E-state index in [1.54, 1.807) is 4.90 Å². The lowest BCUT2D eigenvalue weighted by Crippen LogP contribution is -2.48. The van der Waals surface area contributed by atoms with E-state index in [2.05, 4.69) is 20.2 Å². The van der Waals surface area contributed by atoms with Crippen LogP contribution in [0.15, 0.2) is 78.9 Å². The van der Waals surface area contributed by atoms with Crippen molar-refractivity contribution in [3.05, 3.63) is 107 Å². The van der Waals surface area contributed by atoms with Gasteiger partial charge in [-0.2, -0.15) is 26.3 Å². The Bertz CT molecular complexity index is 1560. The fourth-order valence-electron chi connectivity index (χ4n) is 5.32. The van der Waals surface area contributed by atoms with Gasteiger partial charge in [-0.05, 0) is 55.7 Å². The molecule has 1 aliphatic rings. The molecule has 1 saturated heterocycles. The highest BCUT2D eigenvalue weighted by Gasteiger charge is 2.32. The first-order chi connectivity index (χ1) is 20.9. The van der Waals surface area contributed by atoms with E-state index in [9.17, 15) is 31.1 Å². The zero-order valence-electron chi connectivity index (χ0n) is 23.8. The number of piperidine rings is 1. The maximum Gasteiger partial charge on any atom is 0.416 e. The van der Waals surface area contributed by atoms with E-state index in [-0.39, 0.29) is 11.7 Å². The molecule has 2 N–H and O–H groups in total. The van der Waals surface area contributed by atoms with Crippen LogP contribution in [0.5, 0.6) is 0 Å². The number of carbonyl (C=O) groups excluding carboxylic acids is 1. The lowest BCUT2D eigenvalue weighted by molar-refractivity contribution is -0.138. The number of nitrogens with zero attached hydrogens (tertiary/aromatic N) is 3. The monoisotopic (exact) mass is 615 g/mol. The molecule has 1 aromatic heterocycles. The van der Waals surface area contributed by atoms with Crippen molar-refractivity contribution >= 4 is 11.7 Å². The lowest BCUT2D eigenvalue weighted by atomic mass is 10.0. The highest BCUT2D eigenvalue weighted by Crippen LogP contribution is 2.32. The lowest BCUT2D eigenvalue weighted by Gasteiger charge is -2.38. The number of alkyl halides is 6. The Kier molecular flexibility index (Phi) is 9.00. The number of imidazole rings is 1. The summed E-state index contributed by atoms with van der Waals surface area (Å²) in [5.41, 5.74) is 1.55. The minimum absolute atomic E-state index is 0.0678. The van der Waals surface area contributed by atoms with Crippen LogP contribution < -0.4 is 5.32 Å². The number of urea groups is 1. The SMILES string of the molecule is Cc1[nH]c(-c2ccc(C(F)(F)F)cc2)nc1CN1CCC(N(Cc2ccccc2)C(=O)Nc2cccc(C(F)(F)F)c2)CC1. The van der Waals surface area contributed by atoms with Gasteiger partial charge >= 0.3 is 18.4 Å². The predicted molar refractivity (Wildman–Crippen MR) is 155 cm³/mol. The molecule has 2 heterocycles. The van der Waals surface area contributed by atoms with Crippen molar-refractivity contribution in [3.63, 3.8) is 0 Å². The van der Waals surface area contributed by atoms with Crippen molar-refractivity contribution in [3.8, 4) is 11.4 Å². The number of H-pyrrole nitrogens is 1. The van der Waals surface area contributed by atoms with Gasteiger partial charge in [0.2, 0.25) is 0 Å². The average molecular weight is 616 g/mol. The van der Waals surface area contributed by atoms with Crippen LogP contribution in [0.4, 0.5) is 36.8 Å². The average Bonchev–Trinajstić information content (AvgIpc) is 3.36. The molecular formula is C32H31F6N5O. The number of halogens is 6. The highest BCUT2D eigenvalue weighted by molar-refractivity contribution is 5.89. The van der Waals surface area contributed by atoms with E-state index in [0.717, 1.165) is 41.2 Å². The third-order valence-corrected chi connectivity index (χ3v) is 7.74. The molecule has 5 rings (SSSR count). The Morgan fingerprint density at radius 2 is 1.57 bits per heavy atom. The van der Waals surface area contributed by atoms with Gasteiger partial charge < -0.3 is 15.2 Å². The summed E-state index contributed by atoms with van der Waals surface area (Å²) in [5, 5.41) is 2.66. The number of amides is 2. The quantitative estimate of drug-likeness (QED) is 0.207. The first-order valence-electron chi connectivity index (χ1n) is 14.1. The Balaban J connectivity index is 1.25. The fourth-order valence-corrected chi connectivity index (χ4v) is 5.32. The van der Waals surface area contributed by atoms with Crippen LogP contribution >= 0.6 is 0 Å². The zero-order valence-corrected chi connectivity index (χ0v) is 23.8. The molecule has 1 fully saturated rings. The van der Waals surface area contributed by atoms with Crippen molar-refractivity contribution in [2.75, 3.05) is 18.4 Å². The van der Waals surface area contributed by atoms with E-state index in [1.807, 2.05) is 37.3 Å². The molecule has 2 amide bonds. The van der Waals surface area contributed by atoms with Gasteiger partial charge in [0.25, 0.3) is 0 Å². The number of carbonyl (C=O) groups is 1. The summed E-state index contributed by atoms with van der Waals surface area (Å²) in [5.74, 6) is 0.487. The van der Waals surface area contributed by atoms with Crippen LogP contribution in [0.25, 0.3) is 11.4 Å². The number of anilines is 1. The Morgan fingerprint density at radius 3 is 2.20 bits per heavy atom. The number of likely N-dealkylation sites (tertiary alicyclic amines) is 1. The Labute approximate surface area is 250 Å². The van der Waals surface area contributed by atoms with Gasteiger partial charge in [-0.1, -0.05) is 48.5 Å². The maximum atomic E-state index is 13.5. The summed E-state index contributed by atoms with van der Waals surface area (Å²) in [6.07, 6.45) is -7.66. The first kappa shape index (κ1) is 31.1. The van der Waals surface area contributed by atoms with Gasteiger partial charge in [0.1, 0.15) is 5.82 Å². The molecule has 3 aromatic carbocycles. The van der Waals surface area contributed by atoms with Gasteiger partial charge in [0.15, 0.2) is 0 Å². The van der Waals surface area contributed by atoms with Crippen LogP contribution in [0.2, 0.25) is 0 Å². The minimum atomic E-state index is -4.53. The van der Waals surface area contributed by atoms with E-state index in [0.29, 0.717) is 50.4 Å². The minimum Gasteiger partial charge on any atom is -0.342 e. The van der Waals surface area contributed by atoms with Crippen molar-refractivity contribution in [2.45, 2.75) is 51.2 Å². The van der Waals surface area contributed by atoms with Crippen LogP contribution in [0.3, 0.4) is 0 Å². The molecular weight excluding hydrogens is 584 g/mol. The van der Waals surface area contributed by atoms with Gasteiger partial charge in [-0.3, -0.25) is 4.90 Å². The van der Waals surface area contributed by atoms with Gasteiger partial charge in [0, 0.05) is 49.2 Å². The van der Waals surface area contributed by atoms with Crippen LogP contribution in [0, 0.1) is 6.92 Å². The Morgan fingerprint density at radius 1 is 0.909 bits per heavy atom. The molecule has 0 unspecified atom stereocenters. The van der Waals surface area contributed by atoms with Crippen LogP contribution in [-0.4, -0.2) is 44.9 Å². The molecule has 44 heavy (non-hydrogen) atoms. The van der Waals surface area contributed by atoms with Crippen molar-refractivity contribution in [1.82, 2.24) is 19.8 Å². The largest absolute Gasteiger partial charge is 0.416 e. The smallest absolute Gasteiger partial charge is 0.342 e. The molecule has 1 aliphatic heterocycles. The second-order valence-corrected chi connectivity index (χ2v) is 10.9. The number of aromatic nitrogens is 2. The number of hydrogen-bond donors (Lipinski definition) is 2. The second-order valence-electron chi connectivity index (χ2n) is 10.9. The summed E-state index contributed by atoms with van der Waals surface area (Å²) in [6.45, 7) is 3.97. The molecule has 0 atom stereocenters. The molecule has 232 valence electrons. The molecule has 0 saturated carbocycles. The molecule has 0 spiro atoms. The van der Waals surface area contributed by atoms with Gasteiger partial charge in [-0.15, -0.1) is 0 Å². The van der Waals surface area contributed by atoms with E-state index >= 15 is 0 Å². The zero-order chi connectivity index (χ0) is 31.5. The van der Waals surface area contributed by atoms with Crippen molar-refractivity contribution in [1.29, 1.82) is 0 Å². The molecule has 0 radical (unpaired) electrons. The Hall–Kier alpha value is -4.32. The molecule has 12 heteroatoms. The third kappa shape index (κ3) is 7.60. The summed E-state index contributed by atoms with van der Waals surface area (Å²) in [6, 6.07) is 18.2. The highest BCUT2D eigenvalue weighted by atomic mass is 19.4. The van der Waals surface area contributed by atoms with Crippen LogP contribution in [-0.2, 0) is 25.4 Å². The molecule has 4 aromatic rings. The fraction of sp³-hybridized carbons (Fsp3) is 0.312. The molecule has 0 bridgehead atoms. The standard InChI is InChI=1S/C32H31F6N5O/c1-21-28(41-29(39-21)23-10-12-24(13-11-23)31(33,34)35)20-42-16-14-27(15-17-42)43(19-22-6-3-2-4-7-22)30(44)40-26-9-5-8-25(18-26)32(36,37)38/h2-13,18,27H,14-17,19-20H2,1H3,(H,39,41)(H,40,44). The number of aryl methyl sites for hydroxylation is 1. The summed E-state index contributed by atoms with van der Waals surface area (Å²) < 4.78 is 78.5. The molecule has 0 aliphatic carbocycles. The summed E-state index contributed by atoms with van der Waals surface area (Å²) in [4.78, 5) is 25.1. The second kappa shape index (κ2) is 12.7. The van der Waals surface area contributed by atoms with Crippen LogP contribution in [0.1, 0.15) is 40.9 Å². The van der Waals surface area contributed by atoms with Gasteiger partial charge in [-0.25, -0.2) is 9.78 Å². The van der Waals surface area contributed by atoms with Crippen molar-refractivity contribution < 1.29 is 31.1 Å². The number of nitrogens with one attached hydrogen (secondary N) is 2. The van der Waals surface area contributed by atoms with E-state index < -0.39 is 29.5 Å². The number of benzene rings is 3. The third-order valence-electron chi connectivity index (χ3n) is 7.74. The normalized spacial score (nSPS) is 14.9. The first-order valence-corrected chi connectivity index (χ1v) is 14.1. The van der Waals surface area contributed by atoms with Gasteiger partial charge in [0.05, 0.1) is 16.8 Å². The topological polar surface area (TPSA) is 64.3 Å². The van der Waals surface area contributed by atoms with Crippen molar-refractivity contribution in [2.24, 2.45) is 0 Å². The summed E-state index contributed by atoms with van der Waals surface area (Å²) >= 11 is 0. The molecule has 6 nitrogen and oxygen atoms in total. The number of hydrogen-bond acceptors (Lipinski definition) is 3.